The Balaban J connectivity index is 2.05. The number of imide groups is 1. The molecular weight excluding hydrogens is 364 g/mol. The van der Waals surface area contributed by atoms with Crippen LogP contribution >= 0.6 is 0 Å². The van der Waals surface area contributed by atoms with Gasteiger partial charge in [0.05, 0.1) is 16.6 Å². The van der Waals surface area contributed by atoms with E-state index >= 15 is 0 Å². The Hall–Kier alpha value is -3.23. The average Bonchev–Trinajstić information content (AvgIpc) is 2.66. The summed E-state index contributed by atoms with van der Waals surface area (Å²) in [5.74, 6) is -1.46. The number of esters is 1. The lowest BCUT2D eigenvalue weighted by atomic mass is 10.2. The number of aromatic nitrogens is 2. The number of urea groups is 1. The van der Waals surface area contributed by atoms with E-state index < -0.39 is 24.5 Å². The molecule has 0 fully saturated rings. The van der Waals surface area contributed by atoms with E-state index in [2.05, 4.69) is 15.6 Å². The van der Waals surface area contributed by atoms with Crippen molar-refractivity contribution in [2.24, 2.45) is 0 Å². The minimum Gasteiger partial charge on any atom is -0.452 e. The number of rotatable bonds is 6. The second kappa shape index (κ2) is 9.12. The molecule has 1 aromatic heterocycles. The van der Waals surface area contributed by atoms with E-state index in [9.17, 15) is 19.2 Å². The molecular formula is C19H24N4O5. The first kappa shape index (κ1) is 21.1. The maximum absolute atomic E-state index is 12.2. The topological polar surface area (TPSA) is 119 Å². The van der Waals surface area contributed by atoms with E-state index in [1.807, 2.05) is 13.8 Å². The molecule has 1 aromatic carbocycles. The number of nitrogens with one attached hydrogen (secondary N) is 2. The van der Waals surface area contributed by atoms with Crippen LogP contribution in [0.1, 0.15) is 43.2 Å². The number of ether oxygens (including phenoxy) is 1. The van der Waals surface area contributed by atoms with Crippen LogP contribution < -0.4 is 16.2 Å². The zero-order valence-electron chi connectivity index (χ0n) is 16.4. The van der Waals surface area contributed by atoms with Crippen molar-refractivity contribution in [1.82, 2.24) is 20.2 Å². The van der Waals surface area contributed by atoms with Crippen molar-refractivity contribution in [3.05, 3.63) is 39.8 Å². The number of carbonyl (C=O) groups is 3. The quantitative estimate of drug-likeness (QED) is 0.724. The van der Waals surface area contributed by atoms with Crippen LogP contribution in [0.4, 0.5) is 4.79 Å². The second-order valence-corrected chi connectivity index (χ2v) is 6.36. The monoisotopic (exact) mass is 388 g/mol. The minimum absolute atomic E-state index is 0.0792. The molecule has 0 radical (unpaired) electrons. The molecule has 3 amide bonds. The lowest BCUT2D eigenvalue weighted by molar-refractivity contribution is -0.123. The van der Waals surface area contributed by atoms with Gasteiger partial charge in [-0.1, -0.05) is 6.92 Å². The number of hydrogen-bond donors (Lipinski definition) is 2. The molecule has 0 bridgehead atoms. The van der Waals surface area contributed by atoms with Gasteiger partial charge in [-0.3, -0.25) is 14.9 Å². The lowest BCUT2D eigenvalue weighted by Gasteiger charge is -2.12. The summed E-state index contributed by atoms with van der Waals surface area (Å²) in [6.07, 6.45) is 0.720. The number of benzene rings is 1. The molecule has 9 nitrogen and oxygen atoms in total. The van der Waals surface area contributed by atoms with Crippen molar-refractivity contribution < 1.29 is 19.1 Å². The molecule has 0 saturated heterocycles. The molecule has 2 N–H and O–H groups in total. The third kappa shape index (κ3) is 4.93. The maximum Gasteiger partial charge on any atom is 0.338 e. The zero-order chi connectivity index (χ0) is 20.8. The molecule has 2 rings (SSSR count). The van der Waals surface area contributed by atoms with Gasteiger partial charge in [-0.25, -0.2) is 14.6 Å². The number of nitrogens with zero attached hydrogens (tertiary/aromatic N) is 2. The van der Waals surface area contributed by atoms with Crippen LogP contribution in [0.25, 0.3) is 11.0 Å². The highest BCUT2D eigenvalue weighted by Gasteiger charge is 2.15. The summed E-state index contributed by atoms with van der Waals surface area (Å²) in [6, 6.07) is 3.90. The molecule has 0 aliphatic carbocycles. The Labute approximate surface area is 162 Å². The normalized spacial score (nSPS) is 11.7. The molecule has 150 valence electrons. The molecule has 9 heteroatoms. The Kier molecular flexibility index (Phi) is 6.86. The van der Waals surface area contributed by atoms with Gasteiger partial charge in [-0.2, -0.15) is 0 Å². The van der Waals surface area contributed by atoms with Crippen molar-refractivity contribution in [3.8, 4) is 0 Å². The van der Waals surface area contributed by atoms with Gasteiger partial charge < -0.3 is 14.6 Å². The molecule has 0 unspecified atom stereocenters. The fourth-order valence-corrected chi connectivity index (χ4v) is 2.55. The van der Waals surface area contributed by atoms with Gasteiger partial charge in [0, 0.05) is 12.6 Å². The van der Waals surface area contributed by atoms with Crippen LogP contribution in [-0.4, -0.2) is 40.1 Å². The maximum atomic E-state index is 12.2. The van der Waals surface area contributed by atoms with Gasteiger partial charge in [0.25, 0.3) is 11.5 Å². The van der Waals surface area contributed by atoms with E-state index in [4.69, 9.17) is 4.74 Å². The summed E-state index contributed by atoms with van der Waals surface area (Å²) in [7, 11) is 0. The first-order chi connectivity index (χ1) is 13.3. The van der Waals surface area contributed by atoms with Gasteiger partial charge in [-0.15, -0.1) is 0 Å². The number of aryl methyl sites for hydroxylation is 2. The zero-order valence-corrected chi connectivity index (χ0v) is 16.4. The number of carbonyl (C=O) groups excluding carboxylic acids is 3. The van der Waals surface area contributed by atoms with E-state index in [0.29, 0.717) is 23.3 Å². The molecule has 0 aliphatic heterocycles. The van der Waals surface area contributed by atoms with Gasteiger partial charge in [0.1, 0.15) is 5.69 Å². The highest BCUT2D eigenvalue weighted by Crippen LogP contribution is 2.14. The average molecular weight is 388 g/mol. The lowest BCUT2D eigenvalue weighted by Crippen LogP contribution is -2.44. The van der Waals surface area contributed by atoms with Crippen molar-refractivity contribution >= 4 is 28.9 Å². The van der Waals surface area contributed by atoms with Crippen molar-refractivity contribution in [3.63, 3.8) is 0 Å². The van der Waals surface area contributed by atoms with Gasteiger partial charge in [-0.05, 0) is 45.4 Å². The van der Waals surface area contributed by atoms with Gasteiger partial charge in [0.2, 0.25) is 0 Å². The van der Waals surface area contributed by atoms with Crippen LogP contribution in [0.15, 0.2) is 23.0 Å². The summed E-state index contributed by atoms with van der Waals surface area (Å²) in [5, 5.41) is 4.67. The highest BCUT2D eigenvalue weighted by atomic mass is 16.5. The van der Waals surface area contributed by atoms with Crippen LogP contribution in [-0.2, 0) is 16.1 Å². The molecule has 2 aromatic rings. The van der Waals surface area contributed by atoms with Crippen LogP contribution in [0.5, 0.6) is 0 Å². The fourth-order valence-electron chi connectivity index (χ4n) is 2.55. The van der Waals surface area contributed by atoms with Crippen LogP contribution in [0.2, 0.25) is 0 Å². The van der Waals surface area contributed by atoms with Crippen LogP contribution in [0, 0.1) is 6.92 Å². The van der Waals surface area contributed by atoms with Gasteiger partial charge in [0.15, 0.2) is 6.61 Å². The van der Waals surface area contributed by atoms with Crippen molar-refractivity contribution in [1.29, 1.82) is 0 Å². The summed E-state index contributed by atoms with van der Waals surface area (Å²) in [5.41, 5.74) is 1.42. The standard InChI is InChI=1S/C19H24N4O5/c1-5-11(3)20-19(27)22-16(24)10-28-18(26)13-7-8-15-14(9-13)21-12(4)17(25)23(15)6-2/h7-9,11H,5-6,10H2,1-4H3,(H2,20,22,24,27)/t11-/m0/s1. The Morgan fingerprint density at radius 2 is 1.96 bits per heavy atom. The van der Waals surface area contributed by atoms with Crippen LogP contribution in [0.3, 0.4) is 0 Å². The molecule has 0 saturated carbocycles. The van der Waals surface area contributed by atoms with E-state index in [1.165, 1.54) is 12.1 Å². The Morgan fingerprint density at radius 1 is 1.25 bits per heavy atom. The molecule has 1 heterocycles. The molecule has 0 aliphatic rings. The molecule has 28 heavy (non-hydrogen) atoms. The largest absolute Gasteiger partial charge is 0.452 e. The molecule has 1 atom stereocenters. The number of amides is 3. The van der Waals surface area contributed by atoms with E-state index in [-0.39, 0.29) is 17.2 Å². The van der Waals surface area contributed by atoms with E-state index in [1.54, 1.807) is 24.5 Å². The van der Waals surface area contributed by atoms with Crippen molar-refractivity contribution in [2.45, 2.75) is 46.7 Å². The third-order valence-corrected chi connectivity index (χ3v) is 4.24. The summed E-state index contributed by atoms with van der Waals surface area (Å²) >= 11 is 0. The first-order valence-corrected chi connectivity index (χ1v) is 9.05. The summed E-state index contributed by atoms with van der Waals surface area (Å²) in [6.45, 7) is 7.03. The predicted molar refractivity (Wildman–Crippen MR) is 103 cm³/mol. The smallest absolute Gasteiger partial charge is 0.338 e. The number of hydrogen-bond acceptors (Lipinski definition) is 6. The fraction of sp³-hybridized carbons (Fsp3) is 0.421. The SMILES string of the molecule is CC[C@H](C)NC(=O)NC(=O)COC(=O)c1ccc2c(c1)nc(C)c(=O)n2CC. The Bertz CT molecular complexity index is 967. The predicted octanol–water partition coefficient (Wildman–Crippen LogP) is 1.51. The Morgan fingerprint density at radius 3 is 2.61 bits per heavy atom. The first-order valence-electron chi connectivity index (χ1n) is 9.05. The summed E-state index contributed by atoms with van der Waals surface area (Å²) in [4.78, 5) is 51.9. The van der Waals surface area contributed by atoms with Gasteiger partial charge >= 0.3 is 12.0 Å². The number of fused-ring (bicyclic) bond motifs is 1. The highest BCUT2D eigenvalue weighted by molar-refractivity contribution is 5.98. The van der Waals surface area contributed by atoms with E-state index in [0.717, 1.165) is 6.42 Å². The third-order valence-electron chi connectivity index (χ3n) is 4.24. The minimum atomic E-state index is -0.733. The second-order valence-electron chi connectivity index (χ2n) is 6.36. The summed E-state index contributed by atoms with van der Waals surface area (Å²) < 4.78 is 6.52. The van der Waals surface area contributed by atoms with Crippen molar-refractivity contribution in [2.75, 3.05) is 6.61 Å². The molecule has 0 spiro atoms.